The smallest absolute Gasteiger partial charge is 0.383 e. The van der Waals surface area contributed by atoms with Crippen molar-refractivity contribution in [1.82, 2.24) is 4.98 Å². The lowest BCUT2D eigenvalue weighted by atomic mass is 9.80. The van der Waals surface area contributed by atoms with Gasteiger partial charge >= 0.3 is 12.7 Å². The van der Waals surface area contributed by atoms with Crippen molar-refractivity contribution < 1.29 is 23.2 Å². The number of nitrogen functional groups attached to an aromatic ring is 1. The van der Waals surface area contributed by atoms with Crippen LogP contribution >= 0.6 is 18.1 Å². The number of oxime groups is 1. The van der Waals surface area contributed by atoms with E-state index in [4.69, 9.17) is 35.9 Å². The third-order valence-corrected chi connectivity index (χ3v) is 8.61. The first-order valence-corrected chi connectivity index (χ1v) is 15.6. The van der Waals surface area contributed by atoms with E-state index >= 15 is 0 Å². The summed E-state index contributed by atoms with van der Waals surface area (Å²) in [6, 6.07) is 28.9. The number of carbonyl (C=O) groups is 1. The summed E-state index contributed by atoms with van der Waals surface area (Å²) in [5.41, 5.74) is 7.02. The minimum absolute atomic E-state index is 0.181. The number of nitrogens with zero attached hydrogens (tertiary/aromatic N) is 2. The maximum absolute atomic E-state index is 13.5. The molecule has 0 fully saturated rings. The van der Waals surface area contributed by atoms with Crippen LogP contribution in [-0.2, 0) is 40.6 Å². The minimum atomic E-state index is -3.39. The molecule has 3 aromatic carbocycles. The van der Waals surface area contributed by atoms with Gasteiger partial charge < -0.3 is 15.1 Å². The number of thiazole rings is 1. The van der Waals surface area contributed by atoms with Crippen molar-refractivity contribution >= 4 is 46.7 Å². The van der Waals surface area contributed by atoms with Crippen molar-refractivity contribution in [2.24, 2.45) is 5.16 Å². The van der Waals surface area contributed by atoms with Crippen LogP contribution in [0.25, 0.3) is 0 Å². The molecule has 0 atom stereocenters. The highest BCUT2D eigenvalue weighted by Crippen LogP contribution is 2.50. The van der Waals surface area contributed by atoms with E-state index in [-0.39, 0.29) is 29.8 Å². The number of benzene rings is 3. The Morgan fingerprint density at radius 1 is 0.897 bits per heavy atom. The number of hydrogen-bond acceptors (Lipinski definition) is 10. The van der Waals surface area contributed by atoms with Crippen LogP contribution in [0.5, 0.6) is 0 Å². The highest BCUT2D eigenvalue weighted by atomic mass is 32.5. The molecule has 0 radical (unpaired) electrons. The van der Waals surface area contributed by atoms with Crippen LogP contribution in [0, 0.1) is 0 Å². The predicted octanol–water partition coefficient (Wildman–Crippen LogP) is 6.28. The first-order chi connectivity index (χ1) is 18.9. The molecule has 0 spiro atoms. The van der Waals surface area contributed by atoms with E-state index < -0.39 is 18.3 Å². The molecule has 11 heteroatoms. The van der Waals surface area contributed by atoms with Crippen molar-refractivity contribution in [2.75, 3.05) is 18.9 Å². The number of rotatable bonds is 12. The summed E-state index contributed by atoms with van der Waals surface area (Å²) in [4.78, 5) is 24.3. The van der Waals surface area contributed by atoms with Gasteiger partial charge in [0, 0.05) is 33.9 Å². The summed E-state index contributed by atoms with van der Waals surface area (Å²) >= 11 is 6.58. The van der Waals surface area contributed by atoms with Gasteiger partial charge in [0.05, 0.1) is 13.2 Å². The molecule has 2 N–H and O–H groups in total. The van der Waals surface area contributed by atoms with Gasteiger partial charge in [-0.2, -0.15) is 0 Å². The topological polar surface area (TPSA) is 105 Å². The Hall–Kier alpha value is -3.40. The Morgan fingerprint density at radius 3 is 1.74 bits per heavy atom. The standard InChI is InChI=1S/C28H28N3O5PS2/c1-3-33-37(38,34-4-2)35-26(32)25(24-20-39-27(29)30-24)31-36-28(21-14-8-5-9-15-21,22-16-10-6-11-17-22)23-18-12-7-13-19-23/h5-20H,3-4H2,1-2H3,(H2,29,30)/b31-25-. The van der Waals surface area contributed by atoms with Crippen LogP contribution in [0.1, 0.15) is 36.2 Å². The van der Waals surface area contributed by atoms with Crippen LogP contribution in [-0.4, -0.2) is 29.9 Å². The molecule has 4 aromatic rings. The molecule has 0 aliphatic rings. The quantitative estimate of drug-likeness (QED) is 0.0902. The van der Waals surface area contributed by atoms with E-state index in [0.29, 0.717) is 0 Å². The van der Waals surface area contributed by atoms with E-state index in [1.807, 2.05) is 91.0 Å². The van der Waals surface area contributed by atoms with E-state index in [1.165, 1.54) is 0 Å². The summed E-state index contributed by atoms with van der Waals surface area (Å²) in [7, 11) is 0. The molecule has 0 saturated carbocycles. The molecule has 4 rings (SSSR count). The Balaban J connectivity index is 1.89. The second kappa shape index (κ2) is 13.1. The molecule has 0 aliphatic carbocycles. The van der Waals surface area contributed by atoms with Crippen LogP contribution in [0.15, 0.2) is 102 Å². The summed E-state index contributed by atoms with van der Waals surface area (Å²) in [5, 5.41) is 6.25. The first-order valence-electron chi connectivity index (χ1n) is 12.2. The summed E-state index contributed by atoms with van der Waals surface area (Å²) in [6.07, 6.45) is 0. The second-order valence-corrected chi connectivity index (χ2v) is 11.9. The molecule has 0 aliphatic heterocycles. The van der Waals surface area contributed by atoms with Gasteiger partial charge in [-0.1, -0.05) is 96.2 Å². The van der Waals surface area contributed by atoms with Crippen LogP contribution in [0.4, 0.5) is 5.13 Å². The van der Waals surface area contributed by atoms with Gasteiger partial charge in [0.2, 0.25) is 11.3 Å². The molecular formula is C28H28N3O5PS2. The van der Waals surface area contributed by atoms with Crippen LogP contribution in [0.3, 0.4) is 0 Å². The van der Waals surface area contributed by atoms with Crippen LogP contribution in [0.2, 0.25) is 0 Å². The van der Waals surface area contributed by atoms with Gasteiger partial charge in [0.25, 0.3) is 0 Å². The van der Waals surface area contributed by atoms with Crippen molar-refractivity contribution in [1.29, 1.82) is 0 Å². The SMILES string of the molecule is CCOP(=S)(OCC)OC(=O)/C(=N\OC(c1ccccc1)(c1ccccc1)c1ccccc1)c1csc(N)n1. The zero-order chi connectivity index (χ0) is 27.7. The largest absolute Gasteiger partial charge is 0.386 e. The molecule has 39 heavy (non-hydrogen) atoms. The van der Waals surface area contributed by atoms with Crippen molar-refractivity contribution in [3.8, 4) is 0 Å². The average molecular weight is 582 g/mol. The average Bonchev–Trinajstić information content (AvgIpc) is 3.38. The molecule has 0 amide bonds. The third kappa shape index (κ3) is 6.61. The summed E-state index contributed by atoms with van der Waals surface area (Å²) in [5.74, 6) is -0.895. The lowest BCUT2D eigenvalue weighted by Gasteiger charge is -2.33. The Bertz CT molecular complexity index is 1340. The molecule has 1 aromatic heterocycles. The van der Waals surface area contributed by atoms with Crippen molar-refractivity contribution in [3.63, 3.8) is 0 Å². The fourth-order valence-electron chi connectivity index (χ4n) is 3.93. The zero-order valence-corrected chi connectivity index (χ0v) is 24.0. The van der Waals surface area contributed by atoms with Crippen molar-refractivity contribution in [3.05, 3.63) is 119 Å². The molecule has 1 heterocycles. The summed E-state index contributed by atoms with van der Waals surface area (Å²) < 4.78 is 16.6. The van der Waals surface area contributed by atoms with Gasteiger partial charge in [0.15, 0.2) is 5.13 Å². The number of nitrogens with two attached hydrogens (primary N) is 1. The first kappa shape index (κ1) is 28.6. The maximum atomic E-state index is 13.5. The normalized spacial score (nSPS) is 12.2. The highest BCUT2D eigenvalue weighted by molar-refractivity contribution is 8.07. The number of aromatic nitrogens is 1. The zero-order valence-electron chi connectivity index (χ0n) is 21.4. The Kier molecular flexibility index (Phi) is 9.61. The Morgan fingerprint density at radius 2 is 1.36 bits per heavy atom. The van der Waals surface area contributed by atoms with Crippen LogP contribution < -0.4 is 5.73 Å². The monoisotopic (exact) mass is 581 g/mol. The van der Waals surface area contributed by atoms with E-state index in [2.05, 4.69) is 10.1 Å². The summed E-state index contributed by atoms with van der Waals surface area (Å²) in [6.45, 7) is 0.494. The number of carbonyl (C=O) groups excluding carboxylic acids is 1. The number of hydrogen-bond donors (Lipinski definition) is 1. The maximum Gasteiger partial charge on any atom is 0.383 e. The fraction of sp³-hybridized carbons (Fsp3) is 0.179. The molecule has 0 bridgehead atoms. The second-order valence-electron chi connectivity index (χ2n) is 8.04. The predicted molar refractivity (Wildman–Crippen MR) is 157 cm³/mol. The van der Waals surface area contributed by atoms with E-state index in [0.717, 1.165) is 28.0 Å². The van der Waals surface area contributed by atoms with Gasteiger partial charge in [-0.05, 0) is 13.8 Å². The lowest BCUT2D eigenvalue weighted by molar-refractivity contribution is -0.128. The van der Waals surface area contributed by atoms with Gasteiger partial charge in [-0.3, -0.25) is 9.05 Å². The van der Waals surface area contributed by atoms with Gasteiger partial charge in [-0.15, -0.1) is 11.3 Å². The number of anilines is 1. The lowest BCUT2D eigenvalue weighted by Crippen LogP contribution is -2.32. The third-order valence-electron chi connectivity index (χ3n) is 5.54. The molecule has 202 valence electrons. The Labute approximate surface area is 236 Å². The molecule has 0 saturated heterocycles. The fourth-order valence-corrected chi connectivity index (χ4v) is 6.41. The molecule has 0 unspecified atom stereocenters. The minimum Gasteiger partial charge on any atom is -0.386 e. The molecular weight excluding hydrogens is 553 g/mol. The van der Waals surface area contributed by atoms with Gasteiger partial charge in [-0.25, -0.2) is 9.78 Å². The highest BCUT2D eigenvalue weighted by Gasteiger charge is 2.40. The van der Waals surface area contributed by atoms with E-state index in [9.17, 15) is 4.79 Å². The van der Waals surface area contributed by atoms with E-state index in [1.54, 1.807) is 19.2 Å². The van der Waals surface area contributed by atoms with Gasteiger partial charge in [0.1, 0.15) is 5.69 Å². The molecule has 8 nitrogen and oxygen atoms in total. The van der Waals surface area contributed by atoms with Crippen molar-refractivity contribution in [2.45, 2.75) is 19.4 Å².